The predicted octanol–water partition coefficient (Wildman–Crippen LogP) is 4.77. The van der Waals surface area contributed by atoms with E-state index in [1.54, 1.807) is 0 Å². The highest BCUT2D eigenvalue weighted by molar-refractivity contribution is 6.06. The Labute approximate surface area is 183 Å². The summed E-state index contributed by atoms with van der Waals surface area (Å²) in [5.74, 6) is 0.0443. The standard InChI is InChI=1S/C26H30N2O3/c1-25(2)19-14-15-26(25,3)23-22(19)27(18-12-8-5-9-13-18)24(31)28(23)21(30)16-20(29)17-10-6-4-7-11-17/h4-13,19-20,22-23,29H,14-16H2,1-3H3/t19-,20+,22-,23-,26+/m1/s1. The number of anilines is 1. The van der Waals surface area contributed by atoms with Crippen molar-refractivity contribution in [2.24, 2.45) is 16.7 Å². The van der Waals surface area contributed by atoms with Crippen LogP contribution in [0.15, 0.2) is 60.7 Å². The second-order valence-corrected chi connectivity index (χ2v) is 10.1. The van der Waals surface area contributed by atoms with Gasteiger partial charge in [0.2, 0.25) is 5.91 Å². The van der Waals surface area contributed by atoms with Gasteiger partial charge in [-0.25, -0.2) is 4.79 Å². The molecular formula is C26H30N2O3. The summed E-state index contributed by atoms with van der Waals surface area (Å²) in [6, 6.07) is 18.4. The number of aliphatic hydroxyl groups excluding tert-OH is 1. The molecule has 5 atom stereocenters. The summed E-state index contributed by atoms with van der Waals surface area (Å²) in [6.45, 7) is 6.82. The number of aliphatic hydroxyl groups is 1. The molecule has 0 spiro atoms. The Morgan fingerprint density at radius 2 is 1.68 bits per heavy atom. The van der Waals surface area contributed by atoms with Gasteiger partial charge in [0.25, 0.3) is 0 Å². The van der Waals surface area contributed by atoms with Crippen LogP contribution in [0.3, 0.4) is 0 Å². The molecule has 3 amide bonds. The van der Waals surface area contributed by atoms with Crippen LogP contribution in [0.1, 0.15) is 51.7 Å². The van der Waals surface area contributed by atoms with Crippen LogP contribution in [-0.2, 0) is 4.79 Å². The highest BCUT2D eigenvalue weighted by atomic mass is 16.3. The van der Waals surface area contributed by atoms with Crippen molar-refractivity contribution in [1.82, 2.24) is 4.90 Å². The fraction of sp³-hybridized carbons (Fsp3) is 0.462. The fourth-order valence-corrected chi connectivity index (χ4v) is 6.60. The molecule has 0 unspecified atom stereocenters. The molecule has 2 aliphatic carbocycles. The maximum atomic E-state index is 13.7. The number of nitrogens with zero attached hydrogens (tertiary/aromatic N) is 2. The number of carbonyl (C=O) groups excluding carboxylic acids is 2. The first-order valence-corrected chi connectivity index (χ1v) is 11.2. The highest BCUT2D eigenvalue weighted by Crippen LogP contribution is 2.69. The van der Waals surface area contributed by atoms with Crippen molar-refractivity contribution in [1.29, 1.82) is 0 Å². The Morgan fingerprint density at radius 1 is 1.06 bits per heavy atom. The number of carbonyl (C=O) groups is 2. The van der Waals surface area contributed by atoms with Crippen LogP contribution in [0.25, 0.3) is 0 Å². The molecule has 0 radical (unpaired) electrons. The van der Waals surface area contributed by atoms with E-state index in [9.17, 15) is 14.7 Å². The van der Waals surface area contributed by atoms with Crippen molar-refractivity contribution in [2.45, 2.75) is 58.2 Å². The van der Waals surface area contributed by atoms with Gasteiger partial charge in [0.15, 0.2) is 0 Å². The van der Waals surface area contributed by atoms with E-state index in [2.05, 4.69) is 20.8 Å². The topological polar surface area (TPSA) is 60.9 Å². The van der Waals surface area contributed by atoms with Crippen molar-refractivity contribution in [2.75, 3.05) is 4.90 Å². The van der Waals surface area contributed by atoms with Crippen molar-refractivity contribution in [3.8, 4) is 0 Å². The second-order valence-electron chi connectivity index (χ2n) is 10.1. The van der Waals surface area contributed by atoms with Gasteiger partial charge >= 0.3 is 6.03 Å². The number of amides is 3. The number of hydrogen-bond acceptors (Lipinski definition) is 3. The molecule has 2 aromatic carbocycles. The lowest BCUT2D eigenvalue weighted by molar-refractivity contribution is -0.133. The molecule has 162 valence electrons. The van der Waals surface area contributed by atoms with Gasteiger partial charge in [-0.2, -0.15) is 0 Å². The molecule has 3 fully saturated rings. The van der Waals surface area contributed by atoms with Gasteiger partial charge in [-0.1, -0.05) is 69.3 Å². The van der Waals surface area contributed by atoms with E-state index >= 15 is 0 Å². The van der Waals surface area contributed by atoms with Crippen LogP contribution in [-0.4, -0.2) is 34.0 Å². The van der Waals surface area contributed by atoms with Crippen molar-refractivity contribution in [3.63, 3.8) is 0 Å². The van der Waals surface area contributed by atoms with Gasteiger partial charge < -0.3 is 5.11 Å². The lowest BCUT2D eigenvalue weighted by Gasteiger charge is -2.41. The largest absolute Gasteiger partial charge is 0.388 e. The summed E-state index contributed by atoms with van der Waals surface area (Å²) < 4.78 is 0. The SMILES string of the molecule is CC1(C)[C@@H]2CC[C@@]1(C)[C@H]1[C@@H]2N(c2ccccc2)C(=O)N1C(=O)C[C@H](O)c1ccccc1. The van der Waals surface area contributed by atoms with Gasteiger partial charge in [-0.05, 0) is 47.3 Å². The minimum atomic E-state index is -0.926. The first kappa shape index (κ1) is 20.3. The molecule has 3 aliphatic rings. The average molecular weight is 419 g/mol. The van der Waals surface area contributed by atoms with Gasteiger partial charge in [0, 0.05) is 5.69 Å². The van der Waals surface area contributed by atoms with Crippen LogP contribution >= 0.6 is 0 Å². The maximum Gasteiger partial charge on any atom is 0.331 e. The molecule has 1 N–H and O–H groups in total. The number of hydrogen-bond donors (Lipinski definition) is 1. The van der Waals surface area contributed by atoms with Crippen molar-refractivity contribution in [3.05, 3.63) is 66.2 Å². The minimum absolute atomic E-state index is 0.0205. The highest BCUT2D eigenvalue weighted by Gasteiger charge is 2.73. The van der Waals surface area contributed by atoms with E-state index in [1.807, 2.05) is 65.6 Å². The Bertz CT molecular complexity index is 1010. The molecule has 2 bridgehead atoms. The first-order chi connectivity index (χ1) is 14.8. The minimum Gasteiger partial charge on any atom is -0.388 e. The number of fused-ring (bicyclic) bond motifs is 5. The van der Waals surface area contributed by atoms with Gasteiger partial charge in [-0.3, -0.25) is 14.6 Å². The van der Waals surface area contributed by atoms with E-state index in [0.29, 0.717) is 11.5 Å². The predicted molar refractivity (Wildman–Crippen MR) is 119 cm³/mol. The molecule has 2 saturated carbocycles. The summed E-state index contributed by atoms with van der Waals surface area (Å²) in [5, 5.41) is 10.7. The summed E-state index contributed by atoms with van der Waals surface area (Å²) >= 11 is 0. The third kappa shape index (κ3) is 2.72. The Balaban J connectivity index is 1.53. The van der Waals surface area contributed by atoms with Crippen molar-refractivity contribution >= 4 is 17.6 Å². The second kappa shape index (κ2) is 6.92. The number of urea groups is 1. The monoisotopic (exact) mass is 418 g/mol. The Kier molecular flexibility index (Phi) is 4.52. The fourth-order valence-electron chi connectivity index (χ4n) is 6.60. The van der Waals surface area contributed by atoms with Crippen LogP contribution in [0, 0.1) is 16.7 Å². The van der Waals surface area contributed by atoms with Gasteiger partial charge in [0.05, 0.1) is 24.6 Å². The summed E-state index contributed by atoms with van der Waals surface area (Å²) in [7, 11) is 0. The average Bonchev–Trinajstić information content (AvgIpc) is 3.26. The number of para-hydroxylation sites is 1. The van der Waals surface area contributed by atoms with Gasteiger partial charge in [0.1, 0.15) is 0 Å². The maximum absolute atomic E-state index is 13.7. The molecule has 31 heavy (non-hydrogen) atoms. The van der Waals surface area contributed by atoms with E-state index in [1.165, 1.54) is 4.90 Å². The third-order valence-electron chi connectivity index (χ3n) is 8.61. The van der Waals surface area contributed by atoms with E-state index in [4.69, 9.17) is 0 Å². The summed E-state index contributed by atoms with van der Waals surface area (Å²) in [6.07, 6.45) is 1.05. The zero-order valence-electron chi connectivity index (χ0n) is 18.4. The van der Waals surface area contributed by atoms with Crippen LogP contribution in [0.5, 0.6) is 0 Å². The smallest absolute Gasteiger partial charge is 0.331 e. The third-order valence-corrected chi connectivity index (χ3v) is 8.61. The molecule has 0 aromatic heterocycles. The van der Waals surface area contributed by atoms with Gasteiger partial charge in [-0.15, -0.1) is 0 Å². The molecule has 1 heterocycles. The van der Waals surface area contributed by atoms with Crippen LogP contribution in [0.4, 0.5) is 10.5 Å². The van der Waals surface area contributed by atoms with E-state index < -0.39 is 6.10 Å². The molecule has 5 heteroatoms. The number of benzene rings is 2. The molecule has 2 aromatic rings. The quantitative estimate of drug-likeness (QED) is 0.778. The Morgan fingerprint density at radius 3 is 2.32 bits per heavy atom. The zero-order chi connectivity index (χ0) is 22.0. The zero-order valence-corrected chi connectivity index (χ0v) is 18.4. The van der Waals surface area contributed by atoms with Crippen LogP contribution < -0.4 is 4.90 Å². The number of rotatable bonds is 4. The normalized spacial score (nSPS) is 31.7. The summed E-state index contributed by atoms with van der Waals surface area (Å²) in [4.78, 5) is 30.6. The molecule has 5 rings (SSSR count). The molecular weight excluding hydrogens is 388 g/mol. The van der Waals surface area contributed by atoms with E-state index in [0.717, 1.165) is 18.5 Å². The summed E-state index contributed by atoms with van der Waals surface area (Å²) in [5.41, 5.74) is 1.41. The van der Waals surface area contributed by atoms with E-state index in [-0.39, 0.29) is 41.3 Å². The molecule has 1 saturated heterocycles. The van der Waals surface area contributed by atoms with Crippen LogP contribution in [0.2, 0.25) is 0 Å². The van der Waals surface area contributed by atoms with Crippen molar-refractivity contribution < 1.29 is 14.7 Å². The first-order valence-electron chi connectivity index (χ1n) is 11.2. The lowest BCUT2D eigenvalue weighted by atomic mass is 9.69. The molecule has 5 nitrogen and oxygen atoms in total. The lowest BCUT2D eigenvalue weighted by Crippen LogP contribution is -2.50. The number of imide groups is 1. The Hall–Kier alpha value is -2.66. The molecule has 1 aliphatic heterocycles.